The topological polar surface area (TPSA) is 24.5 Å². The summed E-state index contributed by atoms with van der Waals surface area (Å²) in [5, 5.41) is 3.68. The minimum atomic E-state index is 0.391. The van der Waals surface area contributed by atoms with Crippen LogP contribution in [0.1, 0.15) is 33.1 Å². The molecular formula is C17H28N2O. The van der Waals surface area contributed by atoms with Crippen molar-refractivity contribution in [2.75, 3.05) is 32.6 Å². The summed E-state index contributed by atoms with van der Waals surface area (Å²) >= 11 is 0. The van der Waals surface area contributed by atoms with Crippen LogP contribution >= 0.6 is 0 Å². The van der Waals surface area contributed by atoms with E-state index in [4.69, 9.17) is 4.74 Å². The van der Waals surface area contributed by atoms with E-state index in [1.807, 2.05) is 6.07 Å². The zero-order chi connectivity index (χ0) is 14.6. The average molecular weight is 276 g/mol. The lowest BCUT2D eigenvalue weighted by atomic mass is 9.87. The smallest absolute Gasteiger partial charge is 0.121 e. The highest BCUT2D eigenvalue weighted by atomic mass is 16.5. The normalized spacial score (nSPS) is 21.1. The Morgan fingerprint density at radius 3 is 2.80 bits per heavy atom. The number of hydrogen-bond acceptors (Lipinski definition) is 3. The van der Waals surface area contributed by atoms with Crippen LogP contribution in [-0.2, 0) is 0 Å². The molecule has 1 N–H and O–H groups in total. The van der Waals surface area contributed by atoms with Gasteiger partial charge in [0, 0.05) is 24.3 Å². The van der Waals surface area contributed by atoms with Crippen molar-refractivity contribution < 1.29 is 4.74 Å². The van der Waals surface area contributed by atoms with E-state index in [-0.39, 0.29) is 0 Å². The van der Waals surface area contributed by atoms with Gasteiger partial charge in [-0.15, -0.1) is 0 Å². The molecule has 1 aromatic carbocycles. The number of nitrogens with one attached hydrogen (secondary N) is 1. The van der Waals surface area contributed by atoms with Gasteiger partial charge in [-0.25, -0.2) is 0 Å². The Labute approximate surface area is 123 Å². The molecule has 20 heavy (non-hydrogen) atoms. The monoisotopic (exact) mass is 276 g/mol. The number of likely N-dealkylation sites (N-methyl/N-ethyl adjacent to an activating group) is 1. The van der Waals surface area contributed by atoms with Crippen molar-refractivity contribution in [1.29, 1.82) is 0 Å². The molecule has 1 aromatic rings. The lowest BCUT2D eigenvalue weighted by molar-refractivity contribution is 0.261. The number of hydrogen-bond donors (Lipinski definition) is 1. The Hall–Kier alpha value is -1.22. The van der Waals surface area contributed by atoms with Crippen molar-refractivity contribution in [3.05, 3.63) is 24.3 Å². The van der Waals surface area contributed by atoms with Gasteiger partial charge in [0.1, 0.15) is 12.4 Å². The third-order valence-electron chi connectivity index (χ3n) is 4.24. The molecule has 0 aliphatic heterocycles. The van der Waals surface area contributed by atoms with E-state index < -0.39 is 0 Å². The highest BCUT2D eigenvalue weighted by Crippen LogP contribution is 2.39. The molecule has 2 rings (SSSR count). The Bertz CT molecular complexity index is 429. The van der Waals surface area contributed by atoms with Crippen molar-refractivity contribution >= 4 is 5.69 Å². The maximum atomic E-state index is 5.79. The first-order valence-electron chi connectivity index (χ1n) is 7.61. The van der Waals surface area contributed by atoms with Crippen molar-refractivity contribution in [3.63, 3.8) is 0 Å². The summed E-state index contributed by atoms with van der Waals surface area (Å²) in [5.74, 6) is 0.952. The molecule has 1 aliphatic rings. The van der Waals surface area contributed by atoms with Gasteiger partial charge in [-0.05, 0) is 44.5 Å². The molecule has 0 amide bonds. The third-order valence-corrected chi connectivity index (χ3v) is 4.24. The molecule has 3 heteroatoms. The van der Waals surface area contributed by atoms with E-state index in [2.05, 4.69) is 56.4 Å². The summed E-state index contributed by atoms with van der Waals surface area (Å²) in [6.45, 7) is 6.38. The summed E-state index contributed by atoms with van der Waals surface area (Å²) in [6.07, 6.45) is 3.89. The highest BCUT2D eigenvalue weighted by Gasteiger charge is 2.34. The first-order chi connectivity index (χ1) is 9.47. The fourth-order valence-corrected chi connectivity index (χ4v) is 2.82. The Morgan fingerprint density at radius 1 is 1.35 bits per heavy atom. The molecule has 0 aromatic heterocycles. The van der Waals surface area contributed by atoms with Crippen molar-refractivity contribution in [1.82, 2.24) is 4.90 Å². The van der Waals surface area contributed by atoms with Gasteiger partial charge >= 0.3 is 0 Å². The van der Waals surface area contributed by atoms with Crippen LogP contribution in [0.5, 0.6) is 5.75 Å². The summed E-state index contributed by atoms with van der Waals surface area (Å²) in [4.78, 5) is 2.13. The van der Waals surface area contributed by atoms with Crippen LogP contribution in [-0.4, -0.2) is 38.2 Å². The van der Waals surface area contributed by atoms with E-state index in [0.717, 1.165) is 18.9 Å². The fourth-order valence-electron chi connectivity index (χ4n) is 2.82. The standard InChI is InChI=1S/C17H28N2O/c1-17(2)10-6-9-16(17)18-14-7-5-8-15(13-14)20-12-11-19(3)4/h5,7-8,13,16,18H,6,9-12H2,1-4H3. The molecule has 3 nitrogen and oxygen atoms in total. The molecule has 1 saturated carbocycles. The second-order valence-electron chi connectivity index (χ2n) is 6.76. The summed E-state index contributed by atoms with van der Waals surface area (Å²) in [6, 6.07) is 8.91. The van der Waals surface area contributed by atoms with Gasteiger partial charge in [0.25, 0.3) is 0 Å². The molecule has 1 atom stereocenters. The predicted octanol–water partition coefficient (Wildman–Crippen LogP) is 3.62. The Kier molecular flexibility index (Phi) is 4.92. The molecular weight excluding hydrogens is 248 g/mol. The van der Waals surface area contributed by atoms with Gasteiger partial charge in [-0.1, -0.05) is 26.3 Å². The van der Waals surface area contributed by atoms with Gasteiger partial charge in [0.2, 0.25) is 0 Å². The van der Waals surface area contributed by atoms with E-state index in [9.17, 15) is 0 Å². The average Bonchev–Trinajstić information content (AvgIpc) is 2.69. The Balaban J connectivity index is 1.92. The molecule has 1 aliphatic carbocycles. The van der Waals surface area contributed by atoms with Crippen LogP contribution in [0, 0.1) is 5.41 Å². The van der Waals surface area contributed by atoms with Crippen molar-refractivity contribution in [2.24, 2.45) is 5.41 Å². The van der Waals surface area contributed by atoms with Gasteiger partial charge in [-0.3, -0.25) is 0 Å². The minimum Gasteiger partial charge on any atom is -0.492 e. The van der Waals surface area contributed by atoms with Gasteiger partial charge in [-0.2, -0.15) is 0 Å². The van der Waals surface area contributed by atoms with E-state index >= 15 is 0 Å². The van der Waals surface area contributed by atoms with Crippen molar-refractivity contribution in [2.45, 2.75) is 39.2 Å². The molecule has 0 saturated heterocycles. The minimum absolute atomic E-state index is 0.391. The van der Waals surface area contributed by atoms with Gasteiger partial charge in [0.05, 0.1) is 0 Å². The quantitative estimate of drug-likeness (QED) is 0.859. The largest absolute Gasteiger partial charge is 0.492 e. The van der Waals surface area contributed by atoms with Crippen LogP contribution in [0.4, 0.5) is 5.69 Å². The zero-order valence-corrected chi connectivity index (χ0v) is 13.3. The number of benzene rings is 1. The van der Waals surface area contributed by atoms with Crippen LogP contribution in [0.15, 0.2) is 24.3 Å². The molecule has 0 heterocycles. The van der Waals surface area contributed by atoms with Gasteiger partial charge < -0.3 is 15.0 Å². The molecule has 0 bridgehead atoms. The lowest BCUT2D eigenvalue weighted by Crippen LogP contribution is -2.30. The molecule has 0 spiro atoms. The number of anilines is 1. The second kappa shape index (κ2) is 6.49. The highest BCUT2D eigenvalue weighted by molar-refractivity contribution is 5.49. The lowest BCUT2D eigenvalue weighted by Gasteiger charge is -2.28. The molecule has 0 radical (unpaired) electrons. The second-order valence-corrected chi connectivity index (χ2v) is 6.76. The third kappa shape index (κ3) is 4.14. The number of nitrogens with zero attached hydrogens (tertiary/aromatic N) is 1. The maximum Gasteiger partial charge on any atom is 0.121 e. The van der Waals surface area contributed by atoms with E-state index in [1.54, 1.807) is 0 Å². The summed E-state index contributed by atoms with van der Waals surface area (Å²) in [7, 11) is 4.12. The predicted molar refractivity (Wildman–Crippen MR) is 85.5 cm³/mol. The number of rotatable bonds is 6. The van der Waals surface area contributed by atoms with Gasteiger partial charge in [0.15, 0.2) is 0 Å². The molecule has 1 fully saturated rings. The van der Waals surface area contributed by atoms with Crippen LogP contribution in [0.3, 0.4) is 0 Å². The molecule has 112 valence electrons. The number of ether oxygens (including phenoxy) is 1. The summed E-state index contributed by atoms with van der Waals surface area (Å²) in [5.41, 5.74) is 1.56. The summed E-state index contributed by atoms with van der Waals surface area (Å²) < 4.78 is 5.79. The van der Waals surface area contributed by atoms with Crippen LogP contribution < -0.4 is 10.1 Å². The maximum absolute atomic E-state index is 5.79. The van der Waals surface area contributed by atoms with E-state index in [1.165, 1.54) is 24.9 Å². The molecule has 1 unspecified atom stereocenters. The zero-order valence-electron chi connectivity index (χ0n) is 13.3. The SMILES string of the molecule is CN(C)CCOc1cccc(NC2CCCC2(C)C)c1. The van der Waals surface area contributed by atoms with Crippen LogP contribution in [0.2, 0.25) is 0 Å². The van der Waals surface area contributed by atoms with Crippen LogP contribution in [0.25, 0.3) is 0 Å². The first kappa shape index (κ1) is 15.2. The fraction of sp³-hybridized carbons (Fsp3) is 0.647. The first-order valence-corrected chi connectivity index (χ1v) is 7.61. The Morgan fingerprint density at radius 2 is 2.15 bits per heavy atom. The van der Waals surface area contributed by atoms with Crippen molar-refractivity contribution in [3.8, 4) is 5.75 Å². The van der Waals surface area contributed by atoms with E-state index in [0.29, 0.717) is 11.5 Å².